The van der Waals surface area contributed by atoms with Gasteiger partial charge in [0.2, 0.25) is 0 Å². The number of benzene rings is 1. The van der Waals surface area contributed by atoms with Gasteiger partial charge in [0.25, 0.3) is 0 Å². The molecule has 0 aromatic heterocycles. The van der Waals surface area contributed by atoms with Crippen molar-refractivity contribution in [1.82, 2.24) is 0 Å². The molecule has 0 aliphatic carbocycles. The van der Waals surface area contributed by atoms with Crippen LogP contribution in [0, 0.1) is 6.61 Å². The first kappa shape index (κ1) is 5.54. The summed E-state index contributed by atoms with van der Waals surface area (Å²) in [4.78, 5) is 0. The summed E-state index contributed by atoms with van der Waals surface area (Å²) in [5.41, 5.74) is 1.19. The van der Waals surface area contributed by atoms with Crippen LogP contribution < -0.4 is 0 Å². The highest BCUT2D eigenvalue weighted by Crippen LogP contribution is 2.23. The first-order valence-electron chi connectivity index (χ1n) is 3.22. The van der Waals surface area contributed by atoms with Crippen molar-refractivity contribution in [3.05, 3.63) is 48.3 Å². The van der Waals surface area contributed by atoms with Crippen molar-refractivity contribution >= 4 is 6.08 Å². The molecule has 1 aromatic rings. The lowest BCUT2D eigenvalue weighted by molar-refractivity contribution is 0.552. The Labute approximate surface area is 59.9 Å². The van der Waals surface area contributed by atoms with Crippen LogP contribution in [0.15, 0.2) is 36.1 Å². The van der Waals surface area contributed by atoms with Crippen molar-refractivity contribution in [1.29, 1.82) is 0 Å². The molecule has 1 nitrogen and oxygen atoms in total. The average molecular weight is 131 g/mol. The number of rotatable bonds is 1. The lowest BCUT2D eigenvalue weighted by Crippen LogP contribution is -1.66. The van der Waals surface area contributed by atoms with Crippen LogP contribution >= 0.6 is 0 Å². The van der Waals surface area contributed by atoms with Crippen molar-refractivity contribution in [3.8, 4) is 0 Å². The maximum Gasteiger partial charge on any atom is 0.199 e. The molecule has 49 valence electrons. The predicted octanol–water partition coefficient (Wildman–Crippen LogP) is 2.22. The summed E-state index contributed by atoms with van der Waals surface area (Å²) in [6.07, 6.45) is 2.00. The van der Waals surface area contributed by atoms with Gasteiger partial charge in [-0.2, -0.15) is 0 Å². The highest BCUT2D eigenvalue weighted by Gasteiger charge is 2.13. The number of ether oxygens (including phenoxy) is 1. The van der Waals surface area contributed by atoms with Crippen molar-refractivity contribution < 1.29 is 4.74 Å². The van der Waals surface area contributed by atoms with Gasteiger partial charge in [-0.1, -0.05) is 30.3 Å². The molecule has 10 heavy (non-hydrogen) atoms. The topological polar surface area (TPSA) is 12.5 Å². The Balaban J connectivity index is 2.26. The van der Waals surface area contributed by atoms with Gasteiger partial charge in [0.1, 0.15) is 5.76 Å². The van der Waals surface area contributed by atoms with E-state index >= 15 is 0 Å². The smallest absolute Gasteiger partial charge is 0.199 e. The number of epoxide rings is 1. The fraction of sp³-hybridized carbons (Fsp3) is 0. The van der Waals surface area contributed by atoms with Gasteiger partial charge in [0, 0.05) is 0 Å². The maximum absolute atomic E-state index is 4.85. The van der Waals surface area contributed by atoms with Gasteiger partial charge in [-0.05, 0) is 11.6 Å². The molecule has 0 saturated carbocycles. The zero-order valence-electron chi connectivity index (χ0n) is 5.45. The molecule has 0 N–H and O–H groups in total. The molecule has 2 rings (SSSR count). The minimum Gasteiger partial charge on any atom is -0.478 e. The molecule has 0 spiro atoms. The molecule has 0 atom stereocenters. The quantitative estimate of drug-likeness (QED) is 0.532. The lowest BCUT2D eigenvalue weighted by atomic mass is 10.2. The summed E-state index contributed by atoms with van der Waals surface area (Å²) in [6.45, 7) is 1.73. The first-order valence-corrected chi connectivity index (χ1v) is 3.22. The third-order valence-electron chi connectivity index (χ3n) is 1.36. The van der Waals surface area contributed by atoms with Crippen LogP contribution in [0.4, 0.5) is 0 Å². The van der Waals surface area contributed by atoms with Crippen molar-refractivity contribution in [2.75, 3.05) is 0 Å². The van der Waals surface area contributed by atoms with Crippen LogP contribution in [0.2, 0.25) is 0 Å². The van der Waals surface area contributed by atoms with Gasteiger partial charge >= 0.3 is 0 Å². The monoisotopic (exact) mass is 131 g/mol. The van der Waals surface area contributed by atoms with Gasteiger partial charge in [-0.15, -0.1) is 0 Å². The molecule has 0 amide bonds. The molecule has 1 aromatic carbocycles. The molecule has 1 aliphatic rings. The third-order valence-corrected chi connectivity index (χ3v) is 1.36. The summed E-state index contributed by atoms with van der Waals surface area (Å²) in [5.74, 6) is 0.964. The van der Waals surface area contributed by atoms with Gasteiger partial charge in [0.05, 0.1) is 0 Å². The van der Waals surface area contributed by atoms with E-state index in [1.54, 1.807) is 6.61 Å². The second kappa shape index (κ2) is 2.18. The molecule has 1 saturated heterocycles. The fourth-order valence-electron chi connectivity index (χ4n) is 0.816. The van der Waals surface area contributed by atoms with E-state index in [1.807, 2.05) is 36.4 Å². The van der Waals surface area contributed by atoms with Gasteiger partial charge in [-0.3, -0.25) is 0 Å². The minimum absolute atomic E-state index is 0.964. The summed E-state index contributed by atoms with van der Waals surface area (Å²) < 4.78 is 4.85. The summed E-state index contributed by atoms with van der Waals surface area (Å²) in [5, 5.41) is 0. The summed E-state index contributed by atoms with van der Waals surface area (Å²) >= 11 is 0. The number of hydrogen-bond donors (Lipinski definition) is 0. The maximum atomic E-state index is 4.85. The van der Waals surface area contributed by atoms with E-state index in [2.05, 4.69) is 0 Å². The van der Waals surface area contributed by atoms with E-state index in [4.69, 9.17) is 4.74 Å². The highest BCUT2D eigenvalue weighted by atomic mass is 16.6. The lowest BCUT2D eigenvalue weighted by Gasteiger charge is -1.86. The molecule has 1 fully saturated rings. The molecule has 1 aliphatic heterocycles. The Morgan fingerprint density at radius 1 is 1.10 bits per heavy atom. The second-order valence-corrected chi connectivity index (χ2v) is 2.19. The van der Waals surface area contributed by atoms with Crippen molar-refractivity contribution in [3.63, 3.8) is 0 Å². The van der Waals surface area contributed by atoms with Gasteiger partial charge in [-0.25, -0.2) is 0 Å². The van der Waals surface area contributed by atoms with E-state index in [0.29, 0.717) is 0 Å². The molecular formula is C9H7O. The molecule has 1 heterocycles. The van der Waals surface area contributed by atoms with E-state index in [0.717, 1.165) is 5.76 Å². The Kier molecular flexibility index (Phi) is 1.21. The largest absolute Gasteiger partial charge is 0.478 e. The molecule has 0 bridgehead atoms. The Hall–Kier alpha value is -1.24. The Bertz CT molecular complexity index is 243. The number of hydrogen-bond acceptors (Lipinski definition) is 1. The Morgan fingerprint density at radius 2 is 1.80 bits per heavy atom. The first-order chi connectivity index (χ1) is 4.95. The van der Waals surface area contributed by atoms with E-state index < -0.39 is 0 Å². The van der Waals surface area contributed by atoms with Gasteiger partial charge < -0.3 is 4.74 Å². The van der Waals surface area contributed by atoms with E-state index in [1.165, 1.54) is 5.56 Å². The van der Waals surface area contributed by atoms with Gasteiger partial charge in [0.15, 0.2) is 6.61 Å². The molecule has 0 unspecified atom stereocenters. The van der Waals surface area contributed by atoms with Crippen molar-refractivity contribution in [2.24, 2.45) is 0 Å². The summed E-state index contributed by atoms with van der Waals surface area (Å²) in [6, 6.07) is 10.1. The molecule has 1 heteroatoms. The van der Waals surface area contributed by atoms with Crippen LogP contribution in [-0.4, -0.2) is 0 Å². The van der Waals surface area contributed by atoms with Crippen molar-refractivity contribution in [2.45, 2.75) is 0 Å². The predicted molar refractivity (Wildman–Crippen MR) is 39.8 cm³/mol. The molecular weight excluding hydrogens is 124 g/mol. The highest BCUT2D eigenvalue weighted by molar-refractivity contribution is 5.55. The van der Waals surface area contributed by atoms with E-state index in [9.17, 15) is 0 Å². The molecule has 1 radical (unpaired) electrons. The third kappa shape index (κ3) is 1.18. The standard InChI is InChI=1S/C9H7O/c1-2-4-8(5-3-1)6-9-7-10-9/h1-7H. The normalized spacial score (nSPS) is 18.6. The average Bonchev–Trinajstić information content (AvgIpc) is 2.74. The van der Waals surface area contributed by atoms with Crippen LogP contribution in [0.25, 0.3) is 6.08 Å². The van der Waals surface area contributed by atoms with E-state index in [-0.39, 0.29) is 0 Å². The summed E-state index contributed by atoms with van der Waals surface area (Å²) in [7, 11) is 0. The fourth-order valence-corrected chi connectivity index (χ4v) is 0.816. The van der Waals surface area contributed by atoms with Crippen LogP contribution in [0.5, 0.6) is 0 Å². The minimum atomic E-state index is 0.964. The zero-order chi connectivity index (χ0) is 6.81. The van der Waals surface area contributed by atoms with Crippen LogP contribution in [0.3, 0.4) is 0 Å². The Morgan fingerprint density at radius 3 is 2.40 bits per heavy atom. The van der Waals surface area contributed by atoms with Crippen LogP contribution in [0.1, 0.15) is 5.56 Å². The van der Waals surface area contributed by atoms with Crippen LogP contribution in [-0.2, 0) is 4.74 Å². The SMILES string of the molecule is [CH]1OC1=Cc1ccccc1. The zero-order valence-corrected chi connectivity index (χ0v) is 5.45. The second-order valence-electron chi connectivity index (χ2n) is 2.19.